The lowest BCUT2D eigenvalue weighted by Crippen LogP contribution is -2.30. The van der Waals surface area contributed by atoms with Crippen molar-refractivity contribution in [1.29, 1.82) is 0 Å². The van der Waals surface area contributed by atoms with Crippen LogP contribution in [-0.4, -0.2) is 60.0 Å². The maximum Gasteiger partial charge on any atom is 0.419 e. The number of nitrogens with one attached hydrogen (secondary N) is 3. The van der Waals surface area contributed by atoms with Crippen LogP contribution in [0.25, 0.3) is 22.2 Å². The summed E-state index contributed by atoms with van der Waals surface area (Å²) in [6, 6.07) is 9.59. The van der Waals surface area contributed by atoms with Gasteiger partial charge in [0.1, 0.15) is 5.56 Å². The first kappa shape index (κ1) is 26.9. The third-order valence-electron chi connectivity index (χ3n) is 5.83. The van der Waals surface area contributed by atoms with E-state index in [0.717, 1.165) is 0 Å². The van der Waals surface area contributed by atoms with Crippen LogP contribution in [0.2, 0.25) is 0 Å². The third kappa shape index (κ3) is 5.86. The van der Waals surface area contributed by atoms with E-state index in [4.69, 9.17) is 0 Å². The summed E-state index contributed by atoms with van der Waals surface area (Å²) in [5.41, 5.74) is 0.109. The number of aromatic amines is 1. The van der Waals surface area contributed by atoms with E-state index in [1.807, 2.05) is 19.0 Å². The fourth-order valence-electron chi connectivity index (χ4n) is 4.06. The predicted molar refractivity (Wildman–Crippen MR) is 140 cm³/mol. The van der Waals surface area contributed by atoms with Gasteiger partial charge < -0.3 is 25.4 Å². The number of fused-ring (bicyclic) bond motifs is 1. The van der Waals surface area contributed by atoms with Gasteiger partial charge in [-0.1, -0.05) is 18.2 Å². The van der Waals surface area contributed by atoms with Crippen molar-refractivity contribution in [3.05, 3.63) is 60.2 Å². The summed E-state index contributed by atoms with van der Waals surface area (Å²) in [5.74, 6) is -1.21. The lowest BCUT2D eigenvalue weighted by Gasteiger charge is -2.25. The van der Waals surface area contributed by atoms with Gasteiger partial charge in [0.2, 0.25) is 11.9 Å². The smallest absolute Gasteiger partial charge is 0.369 e. The van der Waals surface area contributed by atoms with Crippen molar-refractivity contribution in [1.82, 2.24) is 19.9 Å². The number of carbonyl (C=O) groups excluding carboxylic acids is 1. The fourth-order valence-corrected chi connectivity index (χ4v) is 4.06. The van der Waals surface area contributed by atoms with Gasteiger partial charge in [-0.05, 0) is 32.3 Å². The van der Waals surface area contributed by atoms with Gasteiger partial charge in [-0.2, -0.15) is 13.2 Å². The number of anilines is 4. The largest absolute Gasteiger partial charge is 0.419 e. The second-order valence-corrected chi connectivity index (χ2v) is 9.09. The van der Waals surface area contributed by atoms with Gasteiger partial charge in [-0.15, -0.1) is 0 Å². The number of carbonyl (C=O) groups is 1. The number of amides is 1. The Morgan fingerprint density at radius 2 is 1.84 bits per heavy atom. The summed E-state index contributed by atoms with van der Waals surface area (Å²) in [4.78, 5) is 26.4. The minimum atomic E-state index is -4.70. The molecule has 0 saturated carbocycles. The quantitative estimate of drug-likeness (QED) is 0.262. The van der Waals surface area contributed by atoms with E-state index in [1.54, 1.807) is 36.2 Å². The molecule has 4 aromatic rings. The molecule has 0 saturated heterocycles. The van der Waals surface area contributed by atoms with Gasteiger partial charge in [0.15, 0.2) is 5.82 Å². The Morgan fingerprint density at radius 3 is 2.53 bits per heavy atom. The monoisotopic (exact) mass is 529 g/mol. The highest BCUT2D eigenvalue weighted by atomic mass is 19.4. The van der Waals surface area contributed by atoms with Crippen molar-refractivity contribution < 1.29 is 22.4 Å². The highest BCUT2D eigenvalue weighted by Gasteiger charge is 2.36. The molecule has 1 amide bonds. The van der Waals surface area contributed by atoms with Crippen LogP contribution in [0.1, 0.15) is 12.5 Å². The Kier molecular flexibility index (Phi) is 7.53. The van der Waals surface area contributed by atoms with Crippen molar-refractivity contribution in [2.45, 2.75) is 13.1 Å². The molecule has 8 nitrogen and oxygen atoms in total. The first-order valence-corrected chi connectivity index (χ1v) is 11.7. The van der Waals surface area contributed by atoms with Gasteiger partial charge in [-0.3, -0.25) is 4.79 Å². The molecule has 0 unspecified atom stereocenters. The molecule has 0 aliphatic carbocycles. The summed E-state index contributed by atoms with van der Waals surface area (Å²) in [7, 11) is 5.48. The molecule has 0 aliphatic heterocycles. The molecule has 2 aromatic heterocycles. The average Bonchev–Trinajstić information content (AvgIpc) is 3.25. The fraction of sp³-hybridized carbons (Fsp3) is 0.269. The predicted octanol–water partition coefficient (Wildman–Crippen LogP) is 5.48. The van der Waals surface area contributed by atoms with Crippen molar-refractivity contribution in [2.75, 3.05) is 49.8 Å². The molecule has 200 valence electrons. The van der Waals surface area contributed by atoms with Crippen molar-refractivity contribution >= 4 is 39.8 Å². The molecule has 0 atom stereocenters. The molecular weight excluding hydrogens is 502 g/mol. The number of rotatable bonds is 8. The normalized spacial score (nSPS) is 11.7. The van der Waals surface area contributed by atoms with Crippen molar-refractivity contribution in [3.8, 4) is 11.3 Å². The van der Waals surface area contributed by atoms with E-state index in [1.165, 1.54) is 25.3 Å². The number of likely N-dealkylation sites (N-methyl/N-ethyl adjacent to an activating group) is 2. The minimum absolute atomic E-state index is 0.153. The number of para-hydroxylation sites is 1. The molecule has 0 radical (unpaired) electrons. The molecule has 2 heterocycles. The summed E-state index contributed by atoms with van der Waals surface area (Å²) in [6.45, 7) is 2.43. The standard InChI is InChI=1S/C26H27F4N7O/c1-15(38)33-22-12-16(11-20(27)24(22)37(4)10-9-36(2)3)34-25-32-14-19(26(28,29)30)23(35-25)18-13-31-21-8-6-5-7-17(18)21/h5-8,11-14,31H,9-10H2,1-4H3,(H,33,38)(H,32,34,35). The first-order chi connectivity index (χ1) is 17.9. The number of halogens is 4. The zero-order chi connectivity index (χ0) is 27.6. The maximum absolute atomic E-state index is 15.3. The average molecular weight is 530 g/mol. The van der Waals surface area contributed by atoms with Crippen LogP contribution in [-0.2, 0) is 11.0 Å². The lowest BCUT2D eigenvalue weighted by atomic mass is 10.1. The number of alkyl halides is 3. The van der Waals surface area contributed by atoms with Crippen LogP contribution >= 0.6 is 0 Å². The number of aromatic nitrogens is 3. The number of hydrogen-bond acceptors (Lipinski definition) is 6. The van der Waals surface area contributed by atoms with Gasteiger partial charge in [0.05, 0.1) is 17.1 Å². The molecule has 4 rings (SSSR count). The number of hydrogen-bond donors (Lipinski definition) is 3. The molecule has 2 aromatic carbocycles. The van der Waals surface area contributed by atoms with Crippen LogP contribution in [0.4, 0.5) is 40.6 Å². The second-order valence-electron chi connectivity index (χ2n) is 9.09. The van der Waals surface area contributed by atoms with Crippen molar-refractivity contribution in [2.24, 2.45) is 0 Å². The van der Waals surface area contributed by atoms with Gasteiger partial charge in [0.25, 0.3) is 0 Å². The maximum atomic E-state index is 15.3. The number of H-pyrrole nitrogens is 1. The molecule has 0 bridgehead atoms. The Balaban J connectivity index is 1.75. The Labute approximate surface area is 216 Å². The van der Waals surface area contributed by atoms with Gasteiger partial charge in [-0.25, -0.2) is 14.4 Å². The zero-order valence-electron chi connectivity index (χ0n) is 21.2. The van der Waals surface area contributed by atoms with E-state index >= 15 is 4.39 Å². The molecule has 3 N–H and O–H groups in total. The van der Waals surface area contributed by atoms with E-state index in [9.17, 15) is 18.0 Å². The van der Waals surface area contributed by atoms with E-state index in [-0.39, 0.29) is 34.3 Å². The van der Waals surface area contributed by atoms with Crippen LogP contribution in [0.15, 0.2) is 48.8 Å². The summed E-state index contributed by atoms with van der Waals surface area (Å²) >= 11 is 0. The van der Waals surface area contributed by atoms with Crippen LogP contribution in [0, 0.1) is 5.82 Å². The van der Waals surface area contributed by atoms with E-state index in [0.29, 0.717) is 30.2 Å². The molecular formula is C26H27F4N7O. The number of nitrogens with zero attached hydrogens (tertiary/aromatic N) is 4. The lowest BCUT2D eigenvalue weighted by molar-refractivity contribution is -0.137. The SMILES string of the molecule is CC(=O)Nc1cc(Nc2ncc(C(F)(F)F)c(-c3c[nH]c4ccccc34)n2)cc(F)c1N(C)CCN(C)C. The highest BCUT2D eigenvalue weighted by molar-refractivity contribution is 5.96. The van der Waals surface area contributed by atoms with E-state index < -0.39 is 23.5 Å². The topological polar surface area (TPSA) is 89.2 Å². The summed E-state index contributed by atoms with van der Waals surface area (Å²) in [5, 5.41) is 5.97. The second kappa shape index (κ2) is 10.7. The Hall–Kier alpha value is -4.19. The van der Waals surface area contributed by atoms with E-state index in [2.05, 4.69) is 25.6 Å². The minimum Gasteiger partial charge on any atom is -0.369 e. The molecule has 12 heteroatoms. The summed E-state index contributed by atoms with van der Waals surface area (Å²) in [6.07, 6.45) is -2.55. The van der Waals surface area contributed by atoms with Crippen LogP contribution in [0.5, 0.6) is 0 Å². The molecule has 0 fully saturated rings. The summed E-state index contributed by atoms with van der Waals surface area (Å²) < 4.78 is 56.8. The Morgan fingerprint density at radius 1 is 1.11 bits per heavy atom. The highest BCUT2D eigenvalue weighted by Crippen LogP contribution is 2.39. The Bertz CT molecular complexity index is 1470. The van der Waals surface area contributed by atoms with Crippen LogP contribution in [0.3, 0.4) is 0 Å². The van der Waals surface area contributed by atoms with Crippen LogP contribution < -0.4 is 15.5 Å². The molecule has 0 spiro atoms. The third-order valence-corrected chi connectivity index (χ3v) is 5.83. The van der Waals surface area contributed by atoms with Gasteiger partial charge >= 0.3 is 6.18 Å². The molecule has 0 aliphatic rings. The number of benzene rings is 2. The zero-order valence-corrected chi connectivity index (χ0v) is 21.2. The first-order valence-electron chi connectivity index (χ1n) is 11.7. The molecule has 38 heavy (non-hydrogen) atoms. The van der Waals surface area contributed by atoms with Gasteiger partial charge in [0, 0.05) is 61.6 Å². The van der Waals surface area contributed by atoms with Crippen molar-refractivity contribution in [3.63, 3.8) is 0 Å².